The van der Waals surface area contributed by atoms with Crippen LogP contribution in [0.3, 0.4) is 0 Å². The second kappa shape index (κ2) is 6.55. The van der Waals surface area contributed by atoms with Crippen LogP contribution in [0.1, 0.15) is 27.0 Å². The standard InChI is InChI=1S/C21H23N3O/c1-14-5-8-17(9-6-14)20(25)13-24-12-19(23(4)21(24)22)18-10-7-15(2)16(3)11-18/h5-12,22H,13H2,1-4H3. The second-order valence-corrected chi connectivity index (χ2v) is 6.61. The monoisotopic (exact) mass is 333 g/mol. The molecule has 0 amide bonds. The van der Waals surface area contributed by atoms with Crippen molar-refractivity contribution in [3.05, 3.63) is 76.5 Å². The molecule has 1 N–H and O–H groups in total. The maximum absolute atomic E-state index is 12.5. The van der Waals surface area contributed by atoms with E-state index in [0.717, 1.165) is 16.8 Å². The van der Waals surface area contributed by atoms with Crippen LogP contribution in [-0.2, 0) is 13.6 Å². The first-order valence-electron chi connectivity index (χ1n) is 8.35. The van der Waals surface area contributed by atoms with Gasteiger partial charge in [0.15, 0.2) is 5.78 Å². The number of benzene rings is 2. The lowest BCUT2D eigenvalue weighted by atomic mass is 10.0. The molecular weight excluding hydrogens is 310 g/mol. The molecule has 0 saturated carbocycles. The molecule has 4 heteroatoms. The van der Waals surface area contributed by atoms with Crippen molar-refractivity contribution < 1.29 is 4.79 Å². The number of hydrogen-bond donors (Lipinski definition) is 1. The predicted molar refractivity (Wildman–Crippen MR) is 99.7 cm³/mol. The Hall–Kier alpha value is -2.88. The van der Waals surface area contributed by atoms with Crippen LogP contribution < -0.4 is 5.62 Å². The first kappa shape index (κ1) is 17.0. The van der Waals surface area contributed by atoms with Gasteiger partial charge in [0.25, 0.3) is 0 Å². The summed E-state index contributed by atoms with van der Waals surface area (Å²) in [5.74, 6) is 0.00994. The van der Waals surface area contributed by atoms with Gasteiger partial charge in [-0.1, -0.05) is 42.0 Å². The molecule has 0 unspecified atom stereocenters. The Morgan fingerprint density at radius 2 is 1.68 bits per heavy atom. The van der Waals surface area contributed by atoms with Crippen molar-refractivity contribution in [1.29, 1.82) is 5.41 Å². The van der Waals surface area contributed by atoms with E-state index >= 15 is 0 Å². The number of carbonyl (C=O) groups excluding carboxylic acids is 1. The minimum Gasteiger partial charge on any atom is -0.314 e. The molecular formula is C21H23N3O. The van der Waals surface area contributed by atoms with Crippen LogP contribution in [0.4, 0.5) is 0 Å². The largest absolute Gasteiger partial charge is 0.314 e. The van der Waals surface area contributed by atoms with E-state index in [1.165, 1.54) is 11.1 Å². The van der Waals surface area contributed by atoms with E-state index in [0.29, 0.717) is 11.2 Å². The van der Waals surface area contributed by atoms with Crippen LogP contribution in [0.2, 0.25) is 0 Å². The highest BCUT2D eigenvalue weighted by atomic mass is 16.1. The third-order valence-corrected chi connectivity index (χ3v) is 4.72. The molecule has 3 rings (SSSR count). The van der Waals surface area contributed by atoms with Crippen LogP contribution in [0.5, 0.6) is 0 Å². The minimum atomic E-state index is 0.00994. The van der Waals surface area contributed by atoms with Gasteiger partial charge in [-0.2, -0.15) is 0 Å². The average molecular weight is 333 g/mol. The van der Waals surface area contributed by atoms with Gasteiger partial charge in [0.05, 0.1) is 12.2 Å². The Morgan fingerprint density at radius 3 is 2.32 bits per heavy atom. The Labute approximate surface area is 147 Å². The zero-order chi connectivity index (χ0) is 18.1. The molecule has 3 aromatic rings. The fourth-order valence-electron chi connectivity index (χ4n) is 2.88. The Bertz CT molecular complexity index is 991. The van der Waals surface area contributed by atoms with E-state index in [1.54, 1.807) is 4.57 Å². The fraction of sp³-hybridized carbons (Fsp3) is 0.238. The summed E-state index contributed by atoms with van der Waals surface area (Å²) < 4.78 is 3.51. The van der Waals surface area contributed by atoms with Crippen molar-refractivity contribution in [2.24, 2.45) is 7.05 Å². The molecule has 1 aromatic heterocycles. The van der Waals surface area contributed by atoms with Gasteiger partial charge in [-0.05, 0) is 43.5 Å². The van der Waals surface area contributed by atoms with Crippen molar-refractivity contribution in [3.63, 3.8) is 0 Å². The summed E-state index contributed by atoms with van der Waals surface area (Å²) in [7, 11) is 1.86. The van der Waals surface area contributed by atoms with E-state index < -0.39 is 0 Å². The number of nitrogens with zero attached hydrogens (tertiary/aromatic N) is 2. The Morgan fingerprint density at radius 1 is 1.00 bits per heavy atom. The molecule has 1 heterocycles. The summed E-state index contributed by atoms with van der Waals surface area (Å²) in [6.45, 7) is 6.33. The van der Waals surface area contributed by atoms with Gasteiger partial charge in [0.1, 0.15) is 0 Å². The smallest absolute Gasteiger partial charge is 0.202 e. The summed E-state index contributed by atoms with van der Waals surface area (Å²) in [5.41, 5.74) is 6.56. The Balaban J connectivity index is 1.93. The van der Waals surface area contributed by atoms with E-state index in [9.17, 15) is 4.79 Å². The van der Waals surface area contributed by atoms with Crippen LogP contribution in [0.15, 0.2) is 48.7 Å². The third kappa shape index (κ3) is 3.33. The zero-order valence-corrected chi connectivity index (χ0v) is 15.1. The summed E-state index contributed by atoms with van der Waals surface area (Å²) in [6, 6.07) is 13.8. The van der Waals surface area contributed by atoms with Gasteiger partial charge < -0.3 is 9.13 Å². The number of nitrogens with one attached hydrogen (secondary N) is 1. The molecule has 25 heavy (non-hydrogen) atoms. The molecule has 0 radical (unpaired) electrons. The van der Waals surface area contributed by atoms with Gasteiger partial charge in [-0.3, -0.25) is 10.2 Å². The molecule has 0 saturated heterocycles. The number of carbonyl (C=O) groups is 1. The topological polar surface area (TPSA) is 50.8 Å². The molecule has 0 fully saturated rings. The SMILES string of the molecule is Cc1ccc(C(=O)Cn2cc(-c3ccc(C)c(C)c3)n(C)c2=N)cc1. The van der Waals surface area contributed by atoms with Crippen LogP contribution in [0, 0.1) is 26.2 Å². The molecule has 0 aliphatic rings. The quantitative estimate of drug-likeness (QED) is 0.726. The summed E-state index contributed by atoms with van der Waals surface area (Å²) >= 11 is 0. The van der Waals surface area contributed by atoms with E-state index in [1.807, 2.05) is 49.0 Å². The van der Waals surface area contributed by atoms with E-state index in [-0.39, 0.29) is 12.3 Å². The fourth-order valence-corrected chi connectivity index (χ4v) is 2.88. The second-order valence-electron chi connectivity index (χ2n) is 6.61. The van der Waals surface area contributed by atoms with E-state index in [2.05, 4.69) is 32.0 Å². The number of aromatic nitrogens is 2. The maximum atomic E-state index is 12.5. The van der Waals surface area contributed by atoms with Crippen LogP contribution in [-0.4, -0.2) is 14.9 Å². The van der Waals surface area contributed by atoms with Crippen LogP contribution in [0.25, 0.3) is 11.3 Å². The Kier molecular flexibility index (Phi) is 4.45. The molecule has 4 nitrogen and oxygen atoms in total. The summed E-state index contributed by atoms with van der Waals surface area (Å²) in [4.78, 5) is 12.5. The lowest BCUT2D eigenvalue weighted by molar-refractivity contribution is 0.0970. The third-order valence-electron chi connectivity index (χ3n) is 4.72. The first-order chi connectivity index (χ1) is 11.9. The molecule has 0 aliphatic heterocycles. The number of hydrogen-bond acceptors (Lipinski definition) is 2. The van der Waals surface area contributed by atoms with Crippen molar-refractivity contribution in [3.8, 4) is 11.3 Å². The molecule has 2 aromatic carbocycles. The highest BCUT2D eigenvalue weighted by Crippen LogP contribution is 2.21. The van der Waals surface area contributed by atoms with Crippen molar-refractivity contribution in [2.75, 3.05) is 0 Å². The predicted octanol–water partition coefficient (Wildman–Crippen LogP) is 3.78. The molecule has 0 aliphatic carbocycles. The molecule has 128 valence electrons. The van der Waals surface area contributed by atoms with Crippen molar-refractivity contribution in [2.45, 2.75) is 27.3 Å². The van der Waals surface area contributed by atoms with Gasteiger partial charge in [-0.25, -0.2) is 0 Å². The zero-order valence-electron chi connectivity index (χ0n) is 15.1. The van der Waals surface area contributed by atoms with E-state index in [4.69, 9.17) is 5.41 Å². The number of Topliss-reactive ketones (excluding diaryl/α,β-unsaturated/α-hetero) is 1. The number of ketones is 1. The van der Waals surface area contributed by atoms with Gasteiger partial charge >= 0.3 is 0 Å². The minimum absolute atomic E-state index is 0.00994. The normalized spacial score (nSPS) is 10.9. The van der Waals surface area contributed by atoms with Gasteiger partial charge in [0, 0.05) is 18.8 Å². The molecule has 0 atom stereocenters. The number of aryl methyl sites for hydroxylation is 3. The van der Waals surface area contributed by atoms with Gasteiger partial charge in [-0.15, -0.1) is 0 Å². The lowest BCUT2D eigenvalue weighted by Crippen LogP contribution is -2.25. The van der Waals surface area contributed by atoms with Crippen molar-refractivity contribution in [1.82, 2.24) is 9.13 Å². The van der Waals surface area contributed by atoms with Crippen molar-refractivity contribution >= 4 is 5.78 Å². The lowest BCUT2D eigenvalue weighted by Gasteiger charge is -2.05. The number of rotatable bonds is 4. The average Bonchev–Trinajstić information content (AvgIpc) is 2.86. The maximum Gasteiger partial charge on any atom is 0.202 e. The summed E-state index contributed by atoms with van der Waals surface area (Å²) in [5, 5.41) is 8.33. The van der Waals surface area contributed by atoms with Crippen LogP contribution >= 0.6 is 0 Å². The highest BCUT2D eigenvalue weighted by molar-refractivity contribution is 5.95. The highest BCUT2D eigenvalue weighted by Gasteiger charge is 2.12. The molecule has 0 spiro atoms. The molecule has 0 bridgehead atoms. The van der Waals surface area contributed by atoms with Gasteiger partial charge in [0.2, 0.25) is 5.62 Å². The first-order valence-corrected chi connectivity index (χ1v) is 8.35. The number of imidazole rings is 1. The summed E-state index contributed by atoms with van der Waals surface area (Å²) in [6.07, 6.45) is 1.89.